The molecular weight excluding hydrogens is 246 g/mol. The number of fused-ring (bicyclic) bond motifs is 1. The van der Waals surface area contributed by atoms with E-state index in [0.717, 1.165) is 16.5 Å². The summed E-state index contributed by atoms with van der Waals surface area (Å²) in [7, 11) is 0. The normalized spacial score (nSPS) is 11.1. The molecule has 0 radical (unpaired) electrons. The lowest BCUT2D eigenvalue weighted by Gasteiger charge is -2.01. The molecule has 0 saturated carbocycles. The van der Waals surface area contributed by atoms with E-state index in [0.29, 0.717) is 0 Å². The summed E-state index contributed by atoms with van der Waals surface area (Å²) in [6.45, 7) is 1.90. The maximum atomic E-state index is 11.6. The number of carbonyl (C=O) groups is 1. The predicted molar refractivity (Wildman–Crippen MR) is 70.0 cm³/mol. The summed E-state index contributed by atoms with van der Waals surface area (Å²) >= 11 is 0. The van der Waals surface area contributed by atoms with Gasteiger partial charge >= 0.3 is 5.97 Å². The average molecular weight is 257 g/mol. The number of rotatable bonds is 4. The van der Waals surface area contributed by atoms with Crippen LogP contribution >= 0.6 is 0 Å². The van der Waals surface area contributed by atoms with E-state index in [4.69, 9.17) is 14.7 Å². The molecule has 6 heteroatoms. The largest absolute Gasteiger partial charge is 0.464 e. The number of benzene rings is 1. The van der Waals surface area contributed by atoms with Crippen LogP contribution < -0.4 is 0 Å². The number of esters is 1. The van der Waals surface area contributed by atoms with Crippen molar-refractivity contribution in [2.24, 2.45) is 5.11 Å². The van der Waals surface area contributed by atoms with Crippen LogP contribution in [0.25, 0.3) is 27.5 Å². The fourth-order valence-electron chi connectivity index (χ4n) is 1.61. The minimum atomic E-state index is -0.646. The average Bonchev–Trinajstić information content (AvgIpc) is 2.86. The Kier molecular flexibility index (Phi) is 3.85. The smallest absolute Gasteiger partial charge is 0.340 e. The molecule has 0 aliphatic carbocycles. The Labute approximate surface area is 108 Å². The third kappa shape index (κ3) is 2.94. The van der Waals surface area contributed by atoms with Gasteiger partial charge in [0.25, 0.3) is 0 Å². The molecule has 6 nitrogen and oxygen atoms in total. The number of nitrogens with zero attached hydrogens (tertiary/aromatic N) is 3. The zero-order valence-electron chi connectivity index (χ0n) is 10.2. The zero-order chi connectivity index (χ0) is 13.7. The van der Waals surface area contributed by atoms with Crippen LogP contribution in [-0.4, -0.2) is 12.6 Å². The fourth-order valence-corrected chi connectivity index (χ4v) is 1.61. The number of azide groups is 1. The van der Waals surface area contributed by atoms with E-state index in [-0.39, 0.29) is 12.3 Å². The van der Waals surface area contributed by atoms with Gasteiger partial charge in [-0.05, 0) is 42.3 Å². The maximum Gasteiger partial charge on any atom is 0.340 e. The standard InChI is InChI=1S/C13H11N3O3/c1-2-18-13(17)11(15-16-14)8-9-3-4-12-10(7-9)5-6-19-12/h3-8H,2H2,1H3/b11-8-. The van der Waals surface area contributed by atoms with E-state index < -0.39 is 5.97 Å². The van der Waals surface area contributed by atoms with Crippen LogP contribution in [-0.2, 0) is 9.53 Å². The van der Waals surface area contributed by atoms with Gasteiger partial charge in [0.15, 0.2) is 0 Å². The van der Waals surface area contributed by atoms with Gasteiger partial charge in [0, 0.05) is 10.3 Å². The van der Waals surface area contributed by atoms with Crippen LogP contribution in [0.2, 0.25) is 0 Å². The Morgan fingerprint density at radius 3 is 3.11 bits per heavy atom. The molecular formula is C13H11N3O3. The molecule has 0 N–H and O–H groups in total. The summed E-state index contributed by atoms with van der Waals surface area (Å²) in [6.07, 6.45) is 3.06. The Hall–Kier alpha value is -2.72. The first-order valence-electron chi connectivity index (χ1n) is 5.65. The molecule has 96 valence electrons. The quantitative estimate of drug-likeness (QED) is 0.275. The van der Waals surface area contributed by atoms with Crippen LogP contribution in [0.5, 0.6) is 0 Å². The van der Waals surface area contributed by atoms with Crippen molar-refractivity contribution in [3.05, 3.63) is 52.2 Å². The molecule has 0 amide bonds. The van der Waals surface area contributed by atoms with Crippen LogP contribution in [0.4, 0.5) is 0 Å². The number of hydrogen-bond acceptors (Lipinski definition) is 4. The highest BCUT2D eigenvalue weighted by Gasteiger charge is 2.08. The van der Waals surface area contributed by atoms with E-state index in [1.54, 1.807) is 25.3 Å². The third-order valence-electron chi connectivity index (χ3n) is 2.42. The van der Waals surface area contributed by atoms with Gasteiger partial charge in [-0.3, -0.25) is 0 Å². The zero-order valence-corrected chi connectivity index (χ0v) is 10.2. The van der Waals surface area contributed by atoms with Crippen molar-refractivity contribution < 1.29 is 13.9 Å². The summed E-state index contributed by atoms with van der Waals surface area (Å²) in [5, 5.41) is 4.25. The monoisotopic (exact) mass is 257 g/mol. The second-order valence-electron chi connectivity index (χ2n) is 3.66. The molecule has 2 rings (SSSR count). The second kappa shape index (κ2) is 5.75. The van der Waals surface area contributed by atoms with Gasteiger partial charge in [-0.1, -0.05) is 11.2 Å². The van der Waals surface area contributed by atoms with Crippen molar-refractivity contribution in [2.45, 2.75) is 6.92 Å². The first-order valence-corrected chi connectivity index (χ1v) is 5.65. The molecule has 1 heterocycles. The Morgan fingerprint density at radius 1 is 1.53 bits per heavy atom. The van der Waals surface area contributed by atoms with Crippen molar-refractivity contribution in [3.8, 4) is 0 Å². The molecule has 0 spiro atoms. The summed E-state index contributed by atoms with van der Waals surface area (Å²) in [4.78, 5) is 14.2. The molecule has 0 saturated heterocycles. The number of ether oxygens (including phenoxy) is 1. The lowest BCUT2D eigenvalue weighted by molar-refractivity contribution is -0.138. The number of carbonyl (C=O) groups excluding carboxylic acids is 1. The van der Waals surface area contributed by atoms with Crippen molar-refractivity contribution in [3.63, 3.8) is 0 Å². The molecule has 19 heavy (non-hydrogen) atoms. The molecule has 0 aliphatic heterocycles. The van der Waals surface area contributed by atoms with E-state index in [1.807, 2.05) is 12.1 Å². The van der Waals surface area contributed by atoms with Crippen LogP contribution in [0, 0.1) is 0 Å². The van der Waals surface area contributed by atoms with Gasteiger partial charge in [0.1, 0.15) is 11.3 Å². The Morgan fingerprint density at radius 2 is 2.37 bits per heavy atom. The summed E-state index contributed by atoms with van der Waals surface area (Å²) in [5.74, 6) is -0.646. The van der Waals surface area contributed by atoms with E-state index in [9.17, 15) is 4.79 Å². The van der Waals surface area contributed by atoms with Gasteiger partial charge < -0.3 is 9.15 Å². The van der Waals surface area contributed by atoms with Crippen molar-refractivity contribution in [1.82, 2.24) is 0 Å². The molecule has 1 aromatic heterocycles. The first-order chi connectivity index (χ1) is 9.24. The van der Waals surface area contributed by atoms with Gasteiger partial charge in [0.05, 0.1) is 12.9 Å². The lowest BCUT2D eigenvalue weighted by atomic mass is 10.1. The Balaban J connectivity index is 2.39. The van der Waals surface area contributed by atoms with Crippen LogP contribution in [0.15, 0.2) is 45.8 Å². The molecule has 2 aromatic rings. The minimum absolute atomic E-state index is 0.0767. The van der Waals surface area contributed by atoms with Gasteiger partial charge in [-0.25, -0.2) is 4.79 Å². The highest BCUT2D eigenvalue weighted by atomic mass is 16.5. The number of furan rings is 1. The number of hydrogen-bond donors (Lipinski definition) is 0. The molecule has 1 aromatic carbocycles. The SMILES string of the molecule is CCOC(=O)/C(=C/c1ccc2occc2c1)N=[N+]=[N-]. The Bertz CT molecular complexity index is 681. The topological polar surface area (TPSA) is 88.2 Å². The predicted octanol–water partition coefficient (Wildman–Crippen LogP) is 3.65. The lowest BCUT2D eigenvalue weighted by Crippen LogP contribution is -2.05. The van der Waals surface area contributed by atoms with Crippen molar-refractivity contribution in [1.29, 1.82) is 0 Å². The van der Waals surface area contributed by atoms with Crippen LogP contribution in [0.1, 0.15) is 12.5 Å². The van der Waals surface area contributed by atoms with Gasteiger partial charge in [0.2, 0.25) is 0 Å². The van der Waals surface area contributed by atoms with Crippen molar-refractivity contribution >= 4 is 23.0 Å². The highest BCUT2D eigenvalue weighted by molar-refractivity contribution is 5.94. The van der Waals surface area contributed by atoms with Crippen molar-refractivity contribution in [2.75, 3.05) is 6.61 Å². The maximum absolute atomic E-state index is 11.6. The van der Waals surface area contributed by atoms with E-state index in [1.165, 1.54) is 6.08 Å². The summed E-state index contributed by atoms with van der Waals surface area (Å²) in [6, 6.07) is 7.17. The molecule has 0 fully saturated rings. The van der Waals surface area contributed by atoms with E-state index in [2.05, 4.69) is 10.0 Å². The first kappa shape index (κ1) is 12.7. The third-order valence-corrected chi connectivity index (χ3v) is 2.42. The molecule has 0 aliphatic rings. The second-order valence-corrected chi connectivity index (χ2v) is 3.66. The van der Waals surface area contributed by atoms with Gasteiger partial charge in [-0.15, -0.1) is 0 Å². The summed E-state index contributed by atoms with van der Waals surface area (Å²) in [5.41, 5.74) is 9.86. The summed E-state index contributed by atoms with van der Waals surface area (Å²) < 4.78 is 10.0. The molecule has 0 atom stereocenters. The molecule has 0 unspecified atom stereocenters. The highest BCUT2D eigenvalue weighted by Crippen LogP contribution is 2.19. The minimum Gasteiger partial charge on any atom is -0.464 e. The van der Waals surface area contributed by atoms with Crippen LogP contribution in [0.3, 0.4) is 0 Å². The fraction of sp³-hybridized carbons (Fsp3) is 0.154. The molecule has 0 bridgehead atoms. The van der Waals surface area contributed by atoms with E-state index >= 15 is 0 Å². The van der Waals surface area contributed by atoms with Gasteiger partial charge in [-0.2, -0.15) is 0 Å².